The second kappa shape index (κ2) is 21.5. The van der Waals surface area contributed by atoms with Gasteiger partial charge in [-0.15, -0.1) is 0 Å². The molecule has 314 valence electrons. The number of nitrogens with zero attached hydrogens (tertiary/aromatic N) is 3. The van der Waals surface area contributed by atoms with Gasteiger partial charge in [0.1, 0.15) is 12.4 Å². The fourth-order valence-corrected chi connectivity index (χ4v) is 7.60. The van der Waals surface area contributed by atoms with Crippen LogP contribution >= 0.6 is 0 Å². The fourth-order valence-electron chi connectivity index (χ4n) is 7.60. The monoisotopic (exact) mass is 805 g/mol. The van der Waals surface area contributed by atoms with Gasteiger partial charge in [-0.05, 0) is 83.5 Å². The Morgan fingerprint density at radius 1 is 0.610 bits per heavy atom. The van der Waals surface area contributed by atoms with Crippen LogP contribution in [-0.2, 0) is 40.4 Å². The van der Waals surface area contributed by atoms with E-state index in [9.17, 15) is 0 Å². The van der Waals surface area contributed by atoms with Gasteiger partial charge >= 0.3 is 0 Å². The van der Waals surface area contributed by atoms with Gasteiger partial charge in [-0.25, -0.2) is 0 Å². The van der Waals surface area contributed by atoms with Gasteiger partial charge in [-0.3, -0.25) is 9.97 Å². The molecule has 1 atom stereocenters. The molecule has 0 saturated heterocycles. The van der Waals surface area contributed by atoms with Gasteiger partial charge in [-0.2, -0.15) is 0 Å². The van der Waals surface area contributed by atoms with E-state index < -0.39 is 5.41 Å². The number of hydrogen-bond donors (Lipinski definition) is 1. The quantitative estimate of drug-likeness (QED) is 0.0633. The van der Waals surface area contributed by atoms with Crippen molar-refractivity contribution in [1.29, 1.82) is 0 Å². The molecule has 1 aliphatic carbocycles. The number of aliphatic hydroxyl groups excluding tert-OH is 1. The molecule has 59 heavy (non-hydrogen) atoms. The number of aryl methyl sites for hydroxylation is 3. The molecule has 1 unspecified atom stereocenters. The molecule has 0 radical (unpaired) electrons. The fraction of sp³-hybridized carbons (Fsp3) is 0.417. The molecule has 0 spiro atoms. The molecule has 0 bridgehead atoms. The standard InChI is InChI=1S/C48H59N3O8/c1-34-7-12-41-42-13-9-37(45-32-49-36(3)31-50-45)29-44(42)48(43(41)27-34,39-10-8-38(35(2)28-39)33-58-24-23-56-20-19-54-16-15-52)40-11-14-47(46(30-40)51(4)5)59-26-25-57-22-21-55-18-17-53-6/h7-14,27-32,52H,15-26,33H2,1-6H3. The first-order chi connectivity index (χ1) is 28.8. The highest BCUT2D eigenvalue weighted by molar-refractivity contribution is 5.89. The lowest BCUT2D eigenvalue weighted by Crippen LogP contribution is -2.29. The molecular formula is C48H59N3O8. The van der Waals surface area contributed by atoms with E-state index in [0.717, 1.165) is 50.6 Å². The van der Waals surface area contributed by atoms with E-state index >= 15 is 0 Å². The van der Waals surface area contributed by atoms with Gasteiger partial charge in [0.25, 0.3) is 0 Å². The van der Waals surface area contributed by atoms with Crippen molar-refractivity contribution < 1.29 is 38.3 Å². The second-order valence-corrected chi connectivity index (χ2v) is 14.9. The third-order valence-electron chi connectivity index (χ3n) is 10.5. The molecule has 0 aliphatic heterocycles. The second-order valence-electron chi connectivity index (χ2n) is 14.9. The Morgan fingerprint density at radius 2 is 1.24 bits per heavy atom. The number of hydrogen-bond acceptors (Lipinski definition) is 11. The van der Waals surface area contributed by atoms with E-state index in [1.807, 2.05) is 19.3 Å². The normalized spacial score (nSPS) is 14.4. The van der Waals surface area contributed by atoms with Crippen LogP contribution in [0.5, 0.6) is 5.75 Å². The topological polar surface area (TPSA) is 114 Å². The summed E-state index contributed by atoms with van der Waals surface area (Å²) in [4.78, 5) is 11.5. The first-order valence-electron chi connectivity index (χ1n) is 20.4. The van der Waals surface area contributed by atoms with Gasteiger partial charge in [0.2, 0.25) is 0 Å². The Morgan fingerprint density at radius 3 is 1.90 bits per heavy atom. The van der Waals surface area contributed by atoms with E-state index in [1.165, 1.54) is 27.8 Å². The Kier molecular flexibility index (Phi) is 16.0. The molecule has 0 fully saturated rings. The van der Waals surface area contributed by atoms with Crippen molar-refractivity contribution in [2.75, 3.05) is 105 Å². The minimum atomic E-state index is -0.684. The van der Waals surface area contributed by atoms with E-state index in [2.05, 4.69) is 111 Å². The first kappa shape index (κ1) is 43.8. The van der Waals surface area contributed by atoms with Gasteiger partial charge in [0, 0.05) is 33.0 Å². The summed E-state index contributed by atoms with van der Waals surface area (Å²) in [5, 5.41) is 8.88. The summed E-state index contributed by atoms with van der Waals surface area (Å²) in [5.74, 6) is 0.783. The summed E-state index contributed by atoms with van der Waals surface area (Å²) in [6.45, 7) is 11.9. The molecule has 0 amide bonds. The molecule has 1 heterocycles. The maximum atomic E-state index is 8.88. The Hall–Kier alpha value is -4.72. The molecule has 6 rings (SSSR count). The van der Waals surface area contributed by atoms with E-state index in [4.69, 9.17) is 43.2 Å². The van der Waals surface area contributed by atoms with Gasteiger partial charge in [-0.1, -0.05) is 60.2 Å². The van der Waals surface area contributed by atoms with Crippen molar-refractivity contribution in [3.05, 3.63) is 130 Å². The van der Waals surface area contributed by atoms with Gasteiger partial charge in [0.15, 0.2) is 0 Å². The first-order valence-corrected chi connectivity index (χ1v) is 20.4. The summed E-state index contributed by atoms with van der Waals surface area (Å²) in [7, 11) is 5.76. The van der Waals surface area contributed by atoms with Crippen molar-refractivity contribution in [2.45, 2.75) is 32.8 Å². The molecule has 5 aromatic rings. The predicted molar refractivity (Wildman–Crippen MR) is 231 cm³/mol. The molecular weight excluding hydrogens is 747 g/mol. The largest absolute Gasteiger partial charge is 0.489 e. The number of aliphatic hydroxyl groups is 1. The van der Waals surface area contributed by atoms with Crippen LogP contribution in [0.2, 0.25) is 0 Å². The van der Waals surface area contributed by atoms with Gasteiger partial charge in [0.05, 0.1) is 108 Å². The maximum absolute atomic E-state index is 8.88. The van der Waals surface area contributed by atoms with Crippen molar-refractivity contribution in [3.63, 3.8) is 0 Å². The third kappa shape index (κ3) is 10.5. The van der Waals surface area contributed by atoms with Crippen molar-refractivity contribution in [2.24, 2.45) is 0 Å². The summed E-state index contributed by atoms with van der Waals surface area (Å²) in [6.07, 6.45) is 3.68. The summed E-state index contributed by atoms with van der Waals surface area (Å²) < 4.78 is 39.7. The van der Waals surface area contributed by atoms with Crippen molar-refractivity contribution in [3.8, 4) is 28.1 Å². The number of rotatable bonds is 24. The van der Waals surface area contributed by atoms with Crippen LogP contribution in [0.4, 0.5) is 5.69 Å². The summed E-state index contributed by atoms with van der Waals surface area (Å²) in [5.41, 5.74) is 13.5. The molecule has 11 nitrogen and oxygen atoms in total. The number of ether oxygens (including phenoxy) is 7. The van der Waals surface area contributed by atoms with Crippen LogP contribution in [0.25, 0.3) is 22.4 Å². The number of methoxy groups -OCH3 is 1. The van der Waals surface area contributed by atoms with Crippen molar-refractivity contribution >= 4 is 5.69 Å². The molecule has 1 aliphatic rings. The Bertz CT molecular complexity index is 2110. The maximum Gasteiger partial charge on any atom is 0.142 e. The molecule has 1 N–H and O–H groups in total. The number of anilines is 1. The number of benzene rings is 4. The van der Waals surface area contributed by atoms with Crippen LogP contribution < -0.4 is 9.64 Å². The number of fused-ring (bicyclic) bond motifs is 3. The van der Waals surface area contributed by atoms with Crippen LogP contribution in [0.1, 0.15) is 44.6 Å². The zero-order valence-electron chi connectivity index (χ0n) is 35.4. The van der Waals surface area contributed by atoms with Crippen LogP contribution in [0.15, 0.2) is 85.2 Å². The lowest BCUT2D eigenvalue weighted by molar-refractivity contribution is 0.00444. The minimum Gasteiger partial charge on any atom is -0.489 e. The highest BCUT2D eigenvalue weighted by Crippen LogP contribution is 2.58. The highest BCUT2D eigenvalue weighted by Gasteiger charge is 2.47. The average molecular weight is 806 g/mol. The van der Waals surface area contributed by atoms with Crippen LogP contribution in [0.3, 0.4) is 0 Å². The lowest BCUT2D eigenvalue weighted by Gasteiger charge is -2.35. The third-order valence-corrected chi connectivity index (χ3v) is 10.5. The van der Waals surface area contributed by atoms with E-state index in [0.29, 0.717) is 79.3 Å². The average Bonchev–Trinajstić information content (AvgIpc) is 3.52. The molecule has 0 saturated carbocycles. The molecule has 4 aromatic carbocycles. The minimum absolute atomic E-state index is 0.00725. The molecule has 1 aromatic heterocycles. The van der Waals surface area contributed by atoms with Crippen molar-refractivity contribution in [1.82, 2.24) is 9.97 Å². The van der Waals surface area contributed by atoms with Crippen LogP contribution in [-0.4, -0.2) is 116 Å². The van der Waals surface area contributed by atoms with E-state index in [-0.39, 0.29) is 6.61 Å². The van der Waals surface area contributed by atoms with Gasteiger partial charge < -0.3 is 43.2 Å². The molecule has 11 heteroatoms. The highest BCUT2D eigenvalue weighted by atomic mass is 16.6. The SMILES string of the molecule is COCCOCCOCCOc1ccc(C2(c3ccc(COCCOCCOCCO)c(C)c3)c3cc(C)ccc3-c3ccc(-c4cnc(C)cn4)cc32)cc1N(C)C. The zero-order chi connectivity index (χ0) is 41.6. The van der Waals surface area contributed by atoms with Crippen LogP contribution in [0, 0.1) is 20.8 Å². The smallest absolute Gasteiger partial charge is 0.142 e. The summed E-state index contributed by atoms with van der Waals surface area (Å²) >= 11 is 0. The lowest BCUT2D eigenvalue weighted by atomic mass is 9.66. The summed E-state index contributed by atoms with van der Waals surface area (Å²) in [6, 6.07) is 26.9. The zero-order valence-corrected chi connectivity index (χ0v) is 35.4. The predicted octanol–water partition coefficient (Wildman–Crippen LogP) is 7.10. The Labute approximate surface area is 349 Å². The Balaban J connectivity index is 1.37. The van der Waals surface area contributed by atoms with E-state index in [1.54, 1.807) is 7.11 Å². The number of aromatic nitrogens is 2.